The number of hydrogen-bond donors (Lipinski definition) is 2. The Bertz CT molecular complexity index is 689. The highest BCUT2D eigenvalue weighted by molar-refractivity contribution is 7.93. The molecule has 2 aromatic heterocycles. The lowest BCUT2D eigenvalue weighted by Crippen LogP contribution is -2.13. The summed E-state index contributed by atoms with van der Waals surface area (Å²) in [4.78, 5) is 6.27. The van der Waals surface area contributed by atoms with Crippen molar-refractivity contribution in [3.05, 3.63) is 26.9 Å². The first-order valence-corrected chi connectivity index (χ1v) is 9.35. The van der Waals surface area contributed by atoms with Gasteiger partial charge >= 0.3 is 0 Å². The second kappa shape index (κ2) is 6.21. The summed E-state index contributed by atoms with van der Waals surface area (Å²) in [7, 11) is -3.55. The van der Waals surface area contributed by atoms with Crippen LogP contribution in [0.3, 0.4) is 0 Å². The van der Waals surface area contributed by atoms with E-state index in [4.69, 9.17) is 0 Å². The third-order valence-corrected chi connectivity index (χ3v) is 6.25. The van der Waals surface area contributed by atoms with Crippen LogP contribution in [0.2, 0.25) is 0 Å². The Balaban J connectivity index is 2.22. The molecule has 110 valence electrons. The van der Waals surface area contributed by atoms with E-state index in [0.29, 0.717) is 16.6 Å². The number of rotatable bonds is 6. The van der Waals surface area contributed by atoms with Crippen molar-refractivity contribution in [1.82, 2.24) is 10.3 Å². The lowest BCUT2D eigenvalue weighted by molar-refractivity contribution is 0.601. The summed E-state index contributed by atoms with van der Waals surface area (Å²) in [5, 5.41) is 5.41. The Hall–Kier alpha value is -0.960. The molecule has 2 rings (SSSR count). The van der Waals surface area contributed by atoms with Crippen LogP contribution in [0, 0.1) is 13.8 Å². The lowest BCUT2D eigenvalue weighted by atomic mass is 10.4. The van der Waals surface area contributed by atoms with Gasteiger partial charge in [-0.3, -0.25) is 4.72 Å². The summed E-state index contributed by atoms with van der Waals surface area (Å²) < 4.78 is 27.3. The maximum Gasteiger partial charge on any atom is 0.264 e. The molecule has 8 heteroatoms. The first kappa shape index (κ1) is 15.4. The van der Waals surface area contributed by atoms with E-state index < -0.39 is 10.0 Å². The van der Waals surface area contributed by atoms with Crippen LogP contribution in [-0.2, 0) is 16.6 Å². The predicted molar refractivity (Wildman–Crippen MR) is 84.1 cm³/mol. The van der Waals surface area contributed by atoms with Gasteiger partial charge in [-0.2, -0.15) is 0 Å². The zero-order chi connectivity index (χ0) is 14.8. The van der Waals surface area contributed by atoms with E-state index in [1.807, 2.05) is 26.2 Å². The Morgan fingerprint density at radius 1 is 1.35 bits per heavy atom. The smallest absolute Gasteiger partial charge is 0.264 e. The number of nitrogens with zero attached hydrogens (tertiary/aromatic N) is 1. The number of hydrogen-bond acceptors (Lipinski definition) is 6. The molecule has 0 fully saturated rings. The average molecular weight is 331 g/mol. The molecule has 2 aromatic rings. The number of thiazole rings is 1. The zero-order valence-corrected chi connectivity index (χ0v) is 14.0. The van der Waals surface area contributed by atoms with Crippen molar-refractivity contribution in [1.29, 1.82) is 0 Å². The molecule has 20 heavy (non-hydrogen) atoms. The van der Waals surface area contributed by atoms with Crippen LogP contribution in [0.5, 0.6) is 0 Å². The fourth-order valence-corrected chi connectivity index (χ4v) is 5.24. The summed E-state index contributed by atoms with van der Waals surface area (Å²) in [5.41, 5.74) is 0.808. The molecular weight excluding hydrogens is 314 g/mol. The van der Waals surface area contributed by atoms with E-state index in [1.54, 1.807) is 6.07 Å². The normalized spacial score (nSPS) is 11.8. The predicted octanol–water partition coefficient (Wildman–Crippen LogP) is 2.73. The van der Waals surface area contributed by atoms with Crippen molar-refractivity contribution in [3.8, 4) is 0 Å². The molecule has 0 amide bonds. The number of thiophene rings is 1. The van der Waals surface area contributed by atoms with Crippen molar-refractivity contribution in [2.45, 2.75) is 32.2 Å². The van der Waals surface area contributed by atoms with Gasteiger partial charge < -0.3 is 5.32 Å². The average Bonchev–Trinajstić information content (AvgIpc) is 2.93. The molecule has 2 heterocycles. The Labute approximate surface area is 127 Å². The highest BCUT2D eigenvalue weighted by atomic mass is 32.2. The molecule has 0 radical (unpaired) electrons. The minimum Gasteiger partial charge on any atom is -0.312 e. The summed E-state index contributed by atoms with van der Waals surface area (Å²) in [6.07, 6.45) is 0. The number of nitrogens with one attached hydrogen (secondary N) is 2. The third kappa shape index (κ3) is 3.57. The minimum absolute atomic E-state index is 0.336. The van der Waals surface area contributed by atoms with Crippen LogP contribution < -0.4 is 10.0 Å². The van der Waals surface area contributed by atoms with E-state index >= 15 is 0 Å². The molecule has 0 spiro atoms. The van der Waals surface area contributed by atoms with Gasteiger partial charge in [0.2, 0.25) is 0 Å². The minimum atomic E-state index is -3.55. The molecule has 0 aliphatic heterocycles. The number of sulfonamides is 1. The Morgan fingerprint density at radius 2 is 2.10 bits per heavy atom. The van der Waals surface area contributed by atoms with Gasteiger partial charge in [0.1, 0.15) is 4.90 Å². The van der Waals surface area contributed by atoms with Crippen LogP contribution in [0.4, 0.5) is 5.13 Å². The van der Waals surface area contributed by atoms with Crippen molar-refractivity contribution >= 4 is 37.8 Å². The summed E-state index contributed by atoms with van der Waals surface area (Å²) >= 11 is 2.79. The van der Waals surface area contributed by atoms with Crippen molar-refractivity contribution in [3.63, 3.8) is 0 Å². The molecule has 0 saturated carbocycles. The molecule has 0 saturated heterocycles. The van der Waals surface area contributed by atoms with Crippen LogP contribution in [0.15, 0.2) is 16.3 Å². The highest BCUT2D eigenvalue weighted by Gasteiger charge is 2.21. The molecule has 0 unspecified atom stereocenters. The fourth-order valence-electron chi connectivity index (χ4n) is 1.70. The molecule has 0 aromatic carbocycles. The number of anilines is 1. The zero-order valence-electron chi connectivity index (χ0n) is 11.6. The van der Waals surface area contributed by atoms with Crippen LogP contribution in [0.25, 0.3) is 0 Å². The monoisotopic (exact) mass is 331 g/mol. The number of aromatic nitrogens is 1. The molecule has 2 N–H and O–H groups in total. The van der Waals surface area contributed by atoms with Gasteiger partial charge in [-0.25, -0.2) is 13.4 Å². The van der Waals surface area contributed by atoms with Gasteiger partial charge in [-0.1, -0.05) is 6.92 Å². The van der Waals surface area contributed by atoms with Crippen LogP contribution >= 0.6 is 22.7 Å². The molecule has 5 nitrogen and oxygen atoms in total. The second-order valence-corrected chi connectivity index (χ2v) is 8.16. The Kier molecular flexibility index (Phi) is 4.79. The topological polar surface area (TPSA) is 71.1 Å². The van der Waals surface area contributed by atoms with E-state index in [1.165, 1.54) is 22.7 Å². The first-order chi connectivity index (χ1) is 9.42. The van der Waals surface area contributed by atoms with Crippen LogP contribution in [0.1, 0.15) is 22.4 Å². The SMILES string of the molecule is CCNCc1cc(S(=O)(=O)Nc2nc(C)cs2)c(C)s1. The molecular formula is C12H17N3O2S3. The maximum atomic E-state index is 12.4. The highest BCUT2D eigenvalue weighted by Crippen LogP contribution is 2.28. The molecule has 0 aliphatic carbocycles. The first-order valence-electron chi connectivity index (χ1n) is 6.17. The van der Waals surface area contributed by atoms with Gasteiger partial charge in [-0.15, -0.1) is 22.7 Å². The van der Waals surface area contributed by atoms with Crippen molar-refractivity contribution < 1.29 is 8.42 Å². The summed E-state index contributed by atoms with van der Waals surface area (Å²) in [6, 6.07) is 1.73. The van der Waals surface area contributed by atoms with E-state index in [2.05, 4.69) is 15.0 Å². The molecule has 0 bridgehead atoms. The van der Waals surface area contributed by atoms with E-state index in [9.17, 15) is 8.42 Å². The van der Waals surface area contributed by atoms with Gasteiger partial charge in [0.25, 0.3) is 10.0 Å². The third-order valence-electron chi connectivity index (χ3n) is 2.60. The van der Waals surface area contributed by atoms with Gasteiger partial charge in [-0.05, 0) is 26.5 Å². The van der Waals surface area contributed by atoms with E-state index in [0.717, 1.165) is 22.0 Å². The van der Waals surface area contributed by atoms with Gasteiger partial charge in [0.15, 0.2) is 5.13 Å². The summed E-state index contributed by atoms with van der Waals surface area (Å²) in [5.74, 6) is 0. The second-order valence-electron chi connectivity index (χ2n) is 4.31. The lowest BCUT2D eigenvalue weighted by Gasteiger charge is -2.03. The van der Waals surface area contributed by atoms with Gasteiger partial charge in [0.05, 0.1) is 5.69 Å². The fraction of sp³-hybridized carbons (Fsp3) is 0.417. The van der Waals surface area contributed by atoms with E-state index in [-0.39, 0.29) is 0 Å². The molecule has 0 atom stereocenters. The van der Waals surface area contributed by atoms with Crippen molar-refractivity contribution in [2.24, 2.45) is 0 Å². The Morgan fingerprint density at radius 3 is 2.70 bits per heavy atom. The van der Waals surface area contributed by atoms with Crippen molar-refractivity contribution in [2.75, 3.05) is 11.3 Å². The van der Waals surface area contributed by atoms with Crippen LogP contribution in [-0.4, -0.2) is 19.9 Å². The standard InChI is InChI=1S/C12H17N3O2S3/c1-4-13-6-10-5-11(9(3)19-10)20(16,17)15-12-14-8(2)7-18-12/h5,7,13H,4,6H2,1-3H3,(H,14,15). The number of aryl methyl sites for hydroxylation is 2. The summed E-state index contributed by atoms with van der Waals surface area (Å²) in [6.45, 7) is 7.22. The maximum absolute atomic E-state index is 12.4. The quantitative estimate of drug-likeness (QED) is 0.854. The largest absolute Gasteiger partial charge is 0.312 e. The van der Waals surface area contributed by atoms with Gasteiger partial charge in [0, 0.05) is 21.7 Å². The molecule has 0 aliphatic rings.